The molecule has 0 aliphatic carbocycles. The molecule has 2 heteroatoms. The molecule has 1 aromatic heterocycles. The molecule has 0 saturated carbocycles. The van der Waals surface area contributed by atoms with Crippen molar-refractivity contribution in [3.8, 4) is 0 Å². The van der Waals surface area contributed by atoms with Crippen molar-refractivity contribution in [2.75, 3.05) is 6.54 Å². The fraction of sp³-hybridized carbons (Fsp3) is 0.300. The van der Waals surface area contributed by atoms with Crippen LogP contribution in [0.3, 0.4) is 0 Å². The number of aromatic nitrogens is 1. The topological polar surface area (TPSA) is 16.1 Å². The van der Waals surface area contributed by atoms with Gasteiger partial charge in [0.25, 0.3) is 0 Å². The van der Waals surface area contributed by atoms with Crippen LogP contribution >= 0.6 is 0 Å². The normalized spacial score (nSPS) is 18.2. The first-order valence-electron chi connectivity index (χ1n) is 11.6. The van der Waals surface area contributed by atoms with Gasteiger partial charge in [-0.3, -0.25) is 0 Å². The zero-order chi connectivity index (χ0) is 22.4. The molecule has 0 unspecified atom stereocenters. The Morgan fingerprint density at radius 1 is 0.875 bits per heavy atom. The second-order valence-corrected chi connectivity index (χ2v) is 10.6. The van der Waals surface area contributed by atoms with Gasteiger partial charge in [0.05, 0.1) is 16.7 Å². The van der Waals surface area contributed by atoms with Gasteiger partial charge in [-0.05, 0) is 67.8 Å². The van der Waals surface area contributed by atoms with Crippen LogP contribution in [0.1, 0.15) is 49.9 Å². The van der Waals surface area contributed by atoms with E-state index in [1.165, 1.54) is 49.2 Å². The number of hydrogen-bond acceptors (Lipinski definition) is 2. The van der Waals surface area contributed by atoms with Crippen molar-refractivity contribution in [1.29, 1.82) is 0 Å². The molecule has 0 spiro atoms. The van der Waals surface area contributed by atoms with Crippen molar-refractivity contribution in [2.45, 2.75) is 52.5 Å². The summed E-state index contributed by atoms with van der Waals surface area (Å²) in [4.78, 5) is 7.60. The molecule has 2 nitrogen and oxygen atoms in total. The zero-order valence-electron chi connectivity index (χ0n) is 19.9. The minimum atomic E-state index is -0.0152. The highest BCUT2D eigenvalue weighted by molar-refractivity contribution is 5.94. The van der Waals surface area contributed by atoms with Gasteiger partial charge in [-0.2, -0.15) is 0 Å². The monoisotopic (exact) mass is 418 g/mol. The van der Waals surface area contributed by atoms with Crippen molar-refractivity contribution in [2.24, 2.45) is 0 Å². The molecular weight excluding hydrogens is 388 g/mol. The van der Waals surface area contributed by atoms with Crippen LogP contribution in [0, 0.1) is 13.8 Å². The van der Waals surface area contributed by atoms with Gasteiger partial charge in [0.1, 0.15) is 0 Å². The predicted molar refractivity (Wildman–Crippen MR) is 135 cm³/mol. The molecule has 0 N–H and O–H groups in total. The average Bonchev–Trinajstić information content (AvgIpc) is 2.77. The molecular formula is C30H30N2. The molecule has 3 heterocycles. The molecule has 0 amide bonds. The summed E-state index contributed by atoms with van der Waals surface area (Å²) >= 11 is 0. The van der Waals surface area contributed by atoms with E-state index in [9.17, 15) is 0 Å². The van der Waals surface area contributed by atoms with Crippen LogP contribution in [0.4, 0.5) is 0 Å². The van der Waals surface area contributed by atoms with Crippen LogP contribution in [0.25, 0.3) is 33.6 Å². The number of para-hydroxylation sites is 1. The highest BCUT2D eigenvalue weighted by atomic mass is 15.2. The van der Waals surface area contributed by atoms with Crippen molar-refractivity contribution in [3.05, 3.63) is 87.3 Å². The van der Waals surface area contributed by atoms with Gasteiger partial charge in [-0.25, -0.2) is 4.98 Å². The molecule has 6 rings (SSSR count). The van der Waals surface area contributed by atoms with Gasteiger partial charge < -0.3 is 4.90 Å². The van der Waals surface area contributed by atoms with E-state index in [2.05, 4.69) is 107 Å². The molecule has 0 fully saturated rings. The molecule has 160 valence electrons. The average molecular weight is 419 g/mol. The van der Waals surface area contributed by atoms with Crippen molar-refractivity contribution in [3.63, 3.8) is 0 Å². The number of hydrogen-bond donors (Lipinski definition) is 0. The summed E-state index contributed by atoms with van der Waals surface area (Å²) in [6, 6.07) is 19.9. The molecule has 0 bridgehead atoms. The molecule has 2 aliphatic rings. The lowest BCUT2D eigenvalue weighted by Crippen LogP contribution is -2.61. The second kappa shape index (κ2) is 6.22. The standard InChI is InChI=1S/C30H30N2/c1-18-11-12-23-27(19(18)2)29(3,4)30(5,6)32-16-15-21-22(28(23)32)13-14-26-24(21)17-20-9-7-8-10-25(20)31-26/h7-15,17H,16H2,1-6H3. The number of nitrogens with zero attached hydrogens (tertiary/aromatic N) is 2. The Hall–Kier alpha value is -3.13. The molecule has 3 aromatic carbocycles. The Balaban J connectivity index is 1.80. The van der Waals surface area contributed by atoms with Gasteiger partial charge in [0.2, 0.25) is 0 Å². The Bertz CT molecular complexity index is 1570. The number of rotatable bonds is 0. The maximum Gasteiger partial charge on any atom is 0.0716 e. The summed E-state index contributed by atoms with van der Waals surface area (Å²) in [7, 11) is 0. The maximum atomic E-state index is 4.97. The fourth-order valence-corrected chi connectivity index (χ4v) is 5.98. The van der Waals surface area contributed by atoms with E-state index in [1.807, 2.05) is 0 Å². The maximum absolute atomic E-state index is 4.97. The lowest BCUT2D eigenvalue weighted by atomic mass is 9.62. The van der Waals surface area contributed by atoms with Crippen LogP contribution in [0.2, 0.25) is 0 Å². The number of fused-ring (bicyclic) bond motifs is 7. The summed E-state index contributed by atoms with van der Waals surface area (Å²) < 4.78 is 0. The number of benzene rings is 3. The third kappa shape index (κ3) is 2.33. The van der Waals surface area contributed by atoms with E-state index in [4.69, 9.17) is 4.98 Å². The predicted octanol–water partition coefficient (Wildman–Crippen LogP) is 5.33. The summed E-state index contributed by atoms with van der Waals surface area (Å²) in [5.74, 6) is 0. The molecule has 4 aromatic rings. The van der Waals surface area contributed by atoms with Crippen LogP contribution in [0.15, 0.2) is 54.6 Å². The molecule has 2 aliphatic heterocycles. The highest BCUT2D eigenvalue weighted by Gasteiger charge is 2.50. The van der Waals surface area contributed by atoms with Crippen LogP contribution in [-0.2, 0) is 5.41 Å². The summed E-state index contributed by atoms with van der Waals surface area (Å²) in [6.45, 7) is 15.1. The zero-order valence-corrected chi connectivity index (χ0v) is 19.9. The Morgan fingerprint density at radius 3 is 2.47 bits per heavy atom. The van der Waals surface area contributed by atoms with E-state index in [0.717, 1.165) is 17.6 Å². The third-order valence-electron chi connectivity index (χ3n) is 8.56. The van der Waals surface area contributed by atoms with Crippen LogP contribution in [-0.4, -0.2) is 22.0 Å². The first-order valence-corrected chi connectivity index (χ1v) is 11.6. The Labute approximate surface area is 189 Å². The van der Waals surface area contributed by atoms with Crippen molar-refractivity contribution in [1.82, 2.24) is 9.88 Å². The van der Waals surface area contributed by atoms with Gasteiger partial charge in [-0.1, -0.05) is 56.3 Å². The minimum Gasteiger partial charge on any atom is -0.361 e. The van der Waals surface area contributed by atoms with Crippen molar-refractivity contribution >= 4 is 33.6 Å². The second-order valence-electron chi connectivity index (χ2n) is 10.6. The number of pyridine rings is 1. The molecule has 0 atom stereocenters. The lowest BCUT2D eigenvalue weighted by molar-refractivity contribution is 0.113. The van der Waals surface area contributed by atoms with E-state index < -0.39 is 0 Å². The SMILES string of the molecule is Cc1ccc2c(c1C)C(C)(C)C(C)(C)N1CC=c3c(ccc4nc5ccccc5cc34)=C21. The first-order chi connectivity index (χ1) is 15.2. The molecule has 32 heavy (non-hydrogen) atoms. The van der Waals surface area contributed by atoms with Crippen LogP contribution < -0.4 is 10.4 Å². The smallest absolute Gasteiger partial charge is 0.0716 e. The van der Waals surface area contributed by atoms with E-state index >= 15 is 0 Å². The van der Waals surface area contributed by atoms with E-state index in [0.29, 0.717) is 0 Å². The quantitative estimate of drug-likeness (QED) is 0.359. The Morgan fingerprint density at radius 2 is 1.66 bits per heavy atom. The van der Waals surface area contributed by atoms with Crippen LogP contribution in [0.5, 0.6) is 0 Å². The van der Waals surface area contributed by atoms with Crippen molar-refractivity contribution < 1.29 is 0 Å². The van der Waals surface area contributed by atoms with E-state index in [-0.39, 0.29) is 11.0 Å². The van der Waals surface area contributed by atoms with E-state index in [1.54, 1.807) is 0 Å². The number of aryl methyl sites for hydroxylation is 1. The largest absolute Gasteiger partial charge is 0.361 e. The minimum absolute atomic E-state index is 0.0152. The van der Waals surface area contributed by atoms with Gasteiger partial charge in [0, 0.05) is 39.1 Å². The fourth-order valence-electron chi connectivity index (χ4n) is 5.98. The molecule has 0 saturated heterocycles. The van der Waals surface area contributed by atoms with Gasteiger partial charge >= 0.3 is 0 Å². The summed E-state index contributed by atoms with van der Waals surface area (Å²) in [6.07, 6.45) is 2.42. The summed E-state index contributed by atoms with van der Waals surface area (Å²) in [5, 5.41) is 5.10. The summed E-state index contributed by atoms with van der Waals surface area (Å²) in [5.41, 5.74) is 9.21. The van der Waals surface area contributed by atoms with Gasteiger partial charge in [0.15, 0.2) is 0 Å². The van der Waals surface area contributed by atoms with Gasteiger partial charge in [-0.15, -0.1) is 0 Å². The highest BCUT2D eigenvalue weighted by Crippen LogP contribution is 2.50. The first kappa shape index (κ1) is 19.5. The third-order valence-corrected chi connectivity index (χ3v) is 8.56. The molecule has 0 radical (unpaired) electrons. The Kier molecular flexibility index (Phi) is 3.80. The lowest BCUT2D eigenvalue weighted by Gasteiger charge is -2.57.